The first-order valence-corrected chi connectivity index (χ1v) is 10.1. The maximum atomic E-state index is 13.5. The molecule has 0 aromatic heterocycles. The van der Waals surface area contributed by atoms with Crippen LogP contribution in [0.5, 0.6) is 17.2 Å². The van der Waals surface area contributed by atoms with E-state index in [4.69, 9.17) is 19.3 Å². The van der Waals surface area contributed by atoms with Crippen LogP contribution < -0.4 is 19.5 Å². The summed E-state index contributed by atoms with van der Waals surface area (Å²) in [7, 11) is 0. The van der Waals surface area contributed by atoms with Crippen molar-refractivity contribution in [2.75, 3.05) is 18.7 Å². The number of amides is 1. The van der Waals surface area contributed by atoms with Crippen LogP contribution in [0.2, 0.25) is 0 Å². The number of fused-ring (bicyclic) bond motifs is 2. The van der Waals surface area contributed by atoms with Gasteiger partial charge in [-0.15, -0.1) is 0 Å². The molecule has 0 spiro atoms. The Morgan fingerprint density at radius 2 is 1.84 bits per heavy atom. The van der Waals surface area contributed by atoms with Crippen LogP contribution in [0.1, 0.15) is 27.7 Å². The van der Waals surface area contributed by atoms with Crippen molar-refractivity contribution in [2.24, 2.45) is 0 Å². The number of aliphatic carboxylic acids is 1. The van der Waals surface area contributed by atoms with Gasteiger partial charge in [0.1, 0.15) is 11.9 Å². The molecule has 2 aliphatic rings. The van der Waals surface area contributed by atoms with Crippen molar-refractivity contribution >= 4 is 17.6 Å². The van der Waals surface area contributed by atoms with E-state index in [1.54, 1.807) is 23.1 Å². The Balaban J connectivity index is 1.53. The van der Waals surface area contributed by atoms with Crippen LogP contribution in [0.4, 0.5) is 5.69 Å². The molecule has 8 nitrogen and oxygen atoms in total. The number of rotatable bonds is 6. The van der Waals surface area contributed by atoms with Crippen molar-refractivity contribution < 1.29 is 28.9 Å². The highest BCUT2D eigenvalue weighted by atomic mass is 16.7. The fourth-order valence-electron chi connectivity index (χ4n) is 3.91. The first kappa shape index (κ1) is 19.7. The zero-order chi connectivity index (χ0) is 22.1. The smallest absolute Gasteiger partial charge is 0.341 e. The number of carbonyl (C=O) groups excluding carboxylic acids is 1. The molecule has 0 unspecified atom stereocenters. The van der Waals surface area contributed by atoms with Crippen LogP contribution >= 0.6 is 0 Å². The standard InChI is InChI=1S/C24H20N2O6/c27-22(28)13-30-19-8-4-2-6-17(19)23-25-18-7-3-1-5-16(18)24(29)26(23)12-15-9-10-20-21(11-15)32-14-31-20/h1-11,23,25H,12-14H2,(H,27,28)/t23-/m0/s1. The number of nitrogens with one attached hydrogen (secondary N) is 1. The number of anilines is 1. The van der Waals surface area contributed by atoms with Gasteiger partial charge >= 0.3 is 5.97 Å². The number of ether oxygens (including phenoxy) is 3. The van der Waals surface area contributed by atoms with Crippen LogP contribution in [-0.4, -0.2) is 35.3 Å². The highest BCUT2D eigenvalue weighted by Crippen LogP contribution is 2.39. The summed E-state index contributed by atoms with van der Waals surface area (Å²) in [5, 5.41) is 12.5. The Kier molecular flexibility index (Phi) is 5.03. The Hall–Kier alpha value is -4.20. The molecule has 0 saturated heterocycles. The minimum absolute atomic E-state index is 0.143. The van der Waals surface area contributed by atoms with Crippen molar-refractivity contribution in [1.29, 1.82) is 0 Å². The predicted molar refractivity (Wildman–Crippen MR) is 115 cm³/mol. The quantitative estimate of drug-likeness (QED) is 0.614. The van der Waals surface area contributed by atoms with Gasteiger partial charge in [-0.2, -0.15) is 0 Å². The molecular formula is C24H20N2O6. The van der Waals surface area contributed by atoms with Gasteiger partial charge < -0.3 is 29.5 Å². The lowest BCUT2D eigenvalue weighted by Gasteiger charge is -2.38. The molecule has 3 aromatic carbocycles. The monoisotopic (exact) mass is 432 g/mol. The summed E-state index contributed by atoms with van der Waals surface area (Å²) in [4.78, 5) is 26.3. The molecule has 0 saturated carbocycles. The van der Waals surface area contributed by atoms with Crippen LogP contribution in [0.15, 0.2) is 66.7 Å². The largest absolute Gasteiger partial charge is 0.481 e. The van der Waals surface area contributed by atoms with Crippen molar-refractivity contribution in [1.82, 2.24) is 4.90 Å². The predicted octanol–water partition coefficient (Wildman–Crippen LogP) is 3.65. The van der Waals surface area contributed by atoms with Gasteiger partial charge in [-0.3, -0.25) is 4.79 Å². The van der Waals surface area contributed by atoms with Gasteiger partial charge in [0.2, 0.25) is 6.79 Å². The average molecular weight is 432 g/mol. The van der Waals surface area contributed by atoms with E-state index in [0.717, 1.165) is 5.56 Å². The Morgan fingerprint density at radius 3 is 2.72 bits per heavy atom. The maximum absolute atomic E-state index is 13.5. The number of nitrogens with zero attached hydrogens (tertiary/aromatic N) is 1. The fourth-order valence-corrected chi connectivity index (χ4v) is 3.91. The topological polar surface area (TPSA) is 97.3 Å². The van der Waals surface area contributed by atoms with Crippen molar-refractivity contribution in [3.05, 3.63) is 83.4 Å². The third kappa shape index (κ3) is 3.66. The number of hydrogen-bond acceptors (Lipinski definition) is 6. The highest BCUT2D eigenvalue weighted by molar-refractivity contribution is 6.01. The van der Waals surface area contributed by atoms with Gasteiger partial charge in [-0.1, -0.05) is 36.4 Å². The van der Waals surface area contributed by atoms with E-state index in [2.05, 4.69) is 5.32 Å². The summed E-state index contributed by atoms with van der Waals surface area (Å²) in [5.74, 6) is 0.494. The lowest BCUT2D eigenvalue weighted by molar-refractivity contribution is -0.139. The van der Waals surface area contributed by atoms with Gasteiger partial charge in [0.15, 0.2) is 18.1 Å². The normalized spacial score (nSPS) is 16.3. The zero-order valence-electron chi connectivity index (χ0n) is 17.0. The number of carboxylic acid groups (broad SMARTS) is 1. The first-order valence-electron chi connectivity index (χ1n) is 10.1. The summed E-state index contributed by atoms with van der Waals surface area (Å²) in [6.45, 7) is -0.00154. The molecule has 162 valence electrons. The highest BCUT2D eigenvalue weighted by Gasteiger charge is 2.34. The van der Waals surface area contributed by atoms with Crippen molar-refractivity contribution in [2.45, 2.75) is 12.7 Å². The number of hydrogen-bond donors (Lipinski definition) is 2. The second-order valence-electron chi connectivity index (χ2n) is 7.43. The van der Waals surface area contributed by atoms with E-state index in [1.165, 1.54) is 0 Å². The molecular weight excluding hydrogens is 412 g/mol. The zero-order valence-corrected chi connectivity index (χ0v) is 17.0. The summed E-state index contributed by atoms with van der Waals surface area (Å²) >= 11 is 0. The molecule has 2 aliphatic heterocycles. The molecule has 0 aliphatic carbocycles. The lowest BCUT2D eigenvalue weighted by atomic mass is 10.0. The van der Waals surface area contributed by atoms with Gasteiger partial charge in [0.05, 0.1) is 5.56 Å². The van der Waals surface area contributed by atoms with E-state index < -0.39 is 18.7 Å². The Morgan fingerprint density at radius 1 is 1.06 bits per heavy atom. The summed E-state index contributed by atoms with van der Waals surface area (Å²) in [5.41, 5.74) is 2.81. The van der Waals surface area contributed by atoms with Gasteiger partial charge in [-0.05, 0) is 35.9 Å². The molecule has 0 fully saturated rings. The summed E-state index contributed by atoms with van der Waals surface area (Å²) < 4.78 is 16.4. The van der Waals surface area contributed by atoms with E-state index >= 15 is 0 Å². The van der Waals surface area contributed by atoms with Crippen LogP contribution in [0.25, 0.3) is 0 Å². The fraction of sp³-hybridized carbons (Fsp3) is 0.167. The number of benzene rings is 3. The molecule has 0 bridgehead atoms. The minimum atomic E-state index is -1.07. The van der Waals surface area contributed by atoms with E-state index in [1.807, 2.05) is 48.5 Å². The van der Waals surface area contributed by atoms with E-state index in [0.29, 0.717) is 40.6 Å². The van der Waals surface area contributed by atoms with Crippen molar-refractivity contribution in [3.63, 3.8) is 0 Å². The molecule has 2 heterocycles. The van der Waals surface area contributed by atoms with Crippen LogP contribution in [0.3, 0.4) is 0 Å². The SMILES string of the molecule is O=C(O)COc1ccccc1[C@H]1Nc2ccccc2C(=O)N1Cc1ccc2c(c1)OCO2. The molecule has 5 rings (SSSR count). The van der Waals surface area contributed by atoms with Crippen LogP contribution in [-0.2, 0) is 11.3 Å². The third-order valence-electron chi connectivity index (χ3n) is 5.38. The van der Waals surface area contributed by atoms with Crippen LogP contribution in [0, 0.1) is 0 Å². The van der Waals surface area contributed by atoms with E-state index in [-0.39, 0.29) is 12.7 Å². The lowest BCUT2D eigenvalue weighted by Crippen LogP contribution is -2.42. The number of carbonyl (C=O) groups is 2. The summed E-state index contributed by atoms with van der Waals surface area (Å²) in [6.07, 6.45) is -0.562. The molecule has 2 N–H and O–H groups in total. The molecule has 1 amide bonds. The number of carboxylic acids is 1. The first-order chi connectivity index (χ1) is 15.6. The summed E-state index contributed by atoms with van der Waals surface area (Å²) in [6, 6.07) is 20.0. The average Bonchev–Trinajstić information content (AvgIpc) is 3.28. The second kappa shape index (κ2) is 8.14. The number of para-hydroxylation sites is 2. The Bertz CT molecular complexity index is 1190. The molecule has 3 aromatic rings. The third-order valence-corrected chi connectivity index (χ3v) is 5.38. The molecule has 32 heavy (non-hydrogen) atoms. The molecule has 1 atom stereocenters. The van der Waals surface area contributed by atoms with Crippen molar-refractivity contribution in [3.8, 4) is 17.2 Å². The minimum Gasteiger partial charge on any atom is -0.481 e. The maximum Gasteiger partial charge on any atom is 0.341 e. The van der Waals surface area contributed by atoms with Gasteiger partial charge in [-0.25, -0.2) is 4.79 Å². The molecule has 0 radical (unpaired) electrons. The Labute approximate surface area is 183 Å². The van der Waals surface area contributed by atoms with Gasteiger partial charge in [0, 0.05) is 17.8 Å². The van der Waals surface area contributed by atoms with E-state index in [9.17, 15) is 9.59 Å². The molecule has 8 heteroatoms. The second-order valence-corrected chi connectivity index (χ2v) is 7.43. The van der Waals surface area contributed by atoms with Gasteiger partial charge in [0.25, 0.3) is 5.91 Å².